The summed E-state index contributed by atoms with van der Waals surface area (Å²) in [6, 6.07) is 3.90. The average Bonchev–Trinajstić information content (AvgIpc) is 2.76. The Hall–Kier alpha value is -0.580. The van der Waals surface area contributed by atoms with Gasteiger partial charge in [0.2, 0.25) is 5.91 Å². The summed E-state index contributed by atoms with van der Waals surface area (Å²) in [5.74, 6) is 0.235. The van der Waals surface area contributed by atoms with Gasteiger partial charge in [-0.3, -0.25) is 4.79 Å². The zero-order valence-electron chi connectivity index (χ0n) is 10.6. The molecule has 1 aliphatic heterocycles. The van der Waals surface area contributed by atoms with E-state index in [1.165, 1.54) is 0 Å². The van der Waals surface area contributed by atoms with Crippen molar-refractivity contribution in [2.24, 2.45) is 0 Å². The first kappa shape index (κ1) is 13.8. The van der Waals surface area contributed by atoms with Crippen molar-refractivity contribution in [1.82, 2.24) is 10.2 Å². The van der Waals surface area contributed by atoms with Crippen LogP contribution in [0.5, 0.6) is 0 Å². The van der Waals surface area contributed by atoms with E-state index in [4.69, 9.17) is 11.6 Å². The van der Waals surface area contributed by atoms with Gasteiger partial charge in [0.15, 0.2) is 0 Å². The quantitative estimate of drug-likeness (QED) is 0.903. The fourth-order valence-corrected chi connectivity index (χ4v) is 3.33. The molecule has 1 aromatic heterocycles. The molecule has 5 heteroatoms. The molecule has 18 heavy (non-hydrogen) atoms. The maximum atomic E-state index is 12.3. The van der Waals surface area contributed by atoms with Gasteiger partial charge in [0.05, 0.1) is 16.9 Å². The number of carbonyl (C=O) groups is 1. The normalized spacial score (nSPS) is 20.4. The van der Waals surface area contributed by atoms with Crippen LogP contribution in [-0.2, 0) is 11.3 Å². The number of rotatable bonds is 5. The van der Waals surface area contributed by atoms with Gasteiger partial charge in [0.1, 0.15) is 0 Å². The topological polar surface area (TPSA) is 32.3 Å². The lowest BCUT2D eigenvalue weighted by Crippen LogP contribution is -2.50. The molecule has 1 fully saturated rings. The molecule has 0 aliphatic carbocycles. The second-order valence-electron chi connectivity index (χ2n) is 4.61. The second-order valence-corrected chi connectivity index (χ2v) is 6.41. The number of halogens is 1. The molecule has 3 nitrogen and oxygen atoms in total. The van der Waals surface area contributed by atoms with Crippen molar-refractivity contribution < 1.29 is 4.79 Å². The van der Waals surface area contributed by atoms with Gasteiger partial charge in [0, 0.05) is 11.4 Å². The van der Waals surface area contributed by atoms with E-state index in [1.807, 2.05) is 17.0 Å². The number of hydrogen-bond donors (Lipinski definition) is 1. The van der Waals surface area contributed by atoms with Crippen LogP contribution >= 0.6 is 22.9 Å². The van der Waals surface area contributed by atoms with E-state index in [1.54, 1.807) is 11.3 Å². The van der Waals surface area contributed by atoms with Crippen LogP contribution in [0, 0.1) is 0 Å². The number of likely N-dealkylation sites (tertiary alicyclic amines) is 1. The second kappa shape index (κ2) is 6.55. The van der Waals surface area contributed by atoms with E-state index < -0.39 is 0 Å². The monoisotopic (exact) mass is 286 g/mol. The number of hydrogen-bond acceptors (Lipinski definition) is 3. The molecule has 1 aliphatic rings. The molecule has 0 aromatic carbocycles. The maximum Gasteiger partial charge on any atom is 0.240 e. The Morgan fingerprint density at radius 3 is 3.06 bits per heavy atom. The summed E-state index contributed by atoms with van der Waals surface area (Å²) in [6.45, 7) is 4.58. The summed E-state index contributed by atoms with van der Waals surface area (Å²) >= 11 is 7.47. The van der Waals surface area contributed by atoms with Crippen molar-refractivity contribution in [2.45, 2.75) is 38.8 Å². The molecular formula is C13H19ClN2OS. The molecule has 0 bridgehead atoms. The predicted octanol–water partition coefficient (Wildman–Crippen LogP) is 2.89. The molecule has 1 amide bonds. The zero-order valence-corrected chi connectivity index (χ0v) is 12.2. The number of nitrogens with zero attached hydrogens (tertiary/aromatic N) is 1. The summed E-state index contributed by atoms with van der Waals surface area (Å²) in [5.41, 5.74) is 0. The zero-order chi connectivity index (χ0) is 13.0. The summed E-state index contributed by atoms with van der Waals surface area (Å²) < 4.78 is 0.787. The molecule has 2 heterocycles. The highest BCUT2D eigenvalue weighted by Gasteiger charge is 2.28. The lowest BCUT2D eigenvalue weighted by Gasteiger charge is -2.32. The number of carbonyl (C=O) groups excluding carboxylic acids is 1. The lowest BCUT2D eigenvalue weighted by atomic mass is 10.0. The molecule has 1 N–H and O–H groups in total. The van der Waals surface area contributed by atoms with Crippen LogP contribution in [-0.4, -0.2) is 29.9 Å². The van der Waals surface area contributed by atoms with Crippen molar-refractivity contribution in [1.29, 1.82) is 0 Å². The summed E-state index contributed by atoms with van der Waals surface area (Å²) in [6.07, 6.45) is 3.09. The number of piperidine rings is 1. The van der Waals surface area contributed by atoms with Crippen LogP contribution in [0.15, 0.2) is 12.1 Å². The van der Waals surface area contributed by atoms with Crippen molar-refractivity contribution in [3.63, 3.8) is 0 Å². The Labute approximate surface area is 117 Å². The molecule has 0 radical (unpaired) electrons. The van der Waals surface area contributed by atoms with Gasteiger partial charge in [-0.2, -0.15) is 0 Å². The van der Waals surface area contributed by atoms with Crippen LogP contribution in [0.4, 0.5) is 0 Å². The van der Waals surface area contributed by atoms with E-state index in [9.17, 15) is 4.79 Å². The molecule has 1 aromatic rings. The molecule has 1 unspecified atom stereocenters. The van der Waals surface area contributed by atoms with Crippen LogP contribution in [0.2, 0.25) is 4.34 Å². The van der Waals surface area contributed by atoms with Crippen molar-refractivity contribution in [3.8, 4) is 0 Å². The smallest absolute Gasteiger partial charge is 0.240 e. The van der Waals surface area contributed by atoms with Crippen LogP contribution in [0.25, 0.3) is 0 Å². The molecular weight excluding hydrogens is 268 g/mol. The Bertz CT molecular complexity index is 407. The summed E-state index contributed by atoms with van der Waals surface area (Å²) in [5, 5.41) is 3.33. The van der Waals surface area contributed by atoms with E-state index >= 15 is 0 Å². The standard InChI is InChI=1S/C13H19ClN2OS/c1-2-7-15-11-4-3-8-16(13(11)17)9-10-5-6-12(14)18-10/h5-6,11,15H,2-4,7-9H2,1H3. The van der Waals surface area contributed by atoms with Crippen molar-refractivity contribution in [3.05, 3.63) is 21.3 Å². The summed E-state index contributed by atoms with van der Waals surface area (Å²) in [7, 11) is 0. The molecule has 100 valence electrons. The Morgan fingerprint density at radius 2 is 2.39 bits per heavy atom. The Balaban J connectivity index is 1.93. The first-order chi connectivity index (χ1) is 8.70. The fourth-order valence-electron chi connectivity index (χ4n) is 2.23. The number of amides is 1. The number of nitrogens with one attached hydrogen (secondary N) is 1. The minimum absolute atomic E-state index is 0.00846. The molecule has 1 saturated heterocycles. The minimum Gasteiger partial charge on any atom is -0.336 e. The third-order valence-electron chi connectivity index (χ3n) is 3.15. The van der Waals surface area contributed by atoms with Crippen LogP contribution in [0.3, 0.4) is 0 Å². The Kier molecular flexibility index (Phi) is 5.03. The molecule has 0 saturated carbocycles. The van der Waals surface area contributed by atoms with Crippen LogP contribution in [0.1, 0.15) is 31.1 Å². The van der Waals surface area contributed by atoms with Crippen molar-refractivity contribution in [2.75, 3.05) is 13.1 Å². The van der Waals surface area contributed by atoms with E-state index in [-0.39, 0.29) is 11.9 Å². The van der Waals surface area contributed by atoms with Crippen molar-refractivity contribution >= 4 is 28.8 Å². The maximum absolute atomic E-state index is 12.3. The molecule has 1 atom stereocenters. The average molecular weight is 287 g/mol. The Morgan fingerprint density at radius 1 is 1.56 bits per heavy atom. The minimum atomic E-state index is 0.00846. The number of thiophene rings is 1. The third-order valence-corrected chi connectivity index (χ3v) is 4.36. The van der Waals surface area contributed by atoms with Gasteiger partial charge in [0.25, 0.3) is 0 Å². The van der Waals surface area contributed by atoms with E-state index in [0.717, 1.165) is 41.6 Å². The van der Waals surface area contributed by atoms with Gasteiger partial charge in [-0.15, -0.1) is 11.3 Å². The SMILES string of the molecule is CCCNC1CCCN(Cc2ccc(Cl)s2)C1=O. The first-order valence-electron chi connectivity index (χ1n) is 6.47. The lowest BCUT2D eigenvalue weighted by molar-refractivity contribution is -0.136. The van der Waals surface area contributed by atoms with Gasteiger partial charge in [-0.05, 0) is 37.9 Å². The third kappa shape index (κ3) is 3.46. The van der Waals surface area contributed by atoms with E-state index in [2.05, 4.69) is 12.2 Å². The highest BCUT2D eigenvalue weighted by Crippen LogP contribution is 2.24. The van der Waals surface area contributed by atoms with E-state index in [0.29, 0.717) is 6.54 Å². The molecule has 2 rings (SSSR count). The fraction of sp³-hybridized carbons (Fsp3) is 0.615. The van der Waals surface area contributed by atoms with Gasteiger partial charge in [-0.25, -0.2) is 0 Å². The predicted molar refractivity (Wildman–Crippen MR) is 76.1 cm³/mol. The first-order valence-corrected chi connectivity index (χ1v) is 7.66. The largest absolute Gasteiger partial charge is 0.336 e. The molecule has 0 spiro atoms. The summed E-state index contributed by atoms with van der Waals surface area (Å²) in [4.78, 5) is 15.4. The van der Waals surface area contributed by atoms with Crippen LogP contribution < -0.4 is 5.32 Å². The highest BCUT2D eigenvalue weighted by atomic mass is 35.5. The van der Waals surface area contributed by atoms with Gasteiger partial charge < -0.3 is 10.2 Å². The van der Waals surface area contributed by atoms with Gasteiger partial charge >= 0.3 is 0 Å². The highest BCUT2D eigenvalue weighted by molar-refractivity contribution is 7.16. The van der Waals surface area contributed by atoms with Gasteiger partial charge in [-0.1, -0.05) is 18.5 Å².